The van der Waals surface area contributed by atoms with E-state index < -0.39 is 5.92 Å². The molecule has 1 aliphatic heterocycles. The van der Waals surface area contributed by atoms with Gasteiger partial charge in [-0.15, -0.1) is 0 Å². The molecule has 0 radical (unpaired) electrons. The number of para-hydroxylation sites is 1. The largest absolute Gasteiger partial charge is 0.326 e. The molecule has 0 bridgehead atoms. The number of benzene rings is 1. The van der Waals surface area contributed by atoms with Crippen molar-refractivity contribution in [2.45, 2.75) is 39.5 Å². The highest BCUT2D eigenvalue weighted by molar-refractivity contribution is 6.04. The van der Waals surface area contributed by atoms with Crippen LogP contribution in [0.3, 0.4) is 0 Å². The maximum absolute atomic E-state index is 12.8. The van der Waals surface area contributed by atoms with Gasteiger partial charge in [0.15, 0.2) is 0 Å². The molecule has 132 valence electrons. The van der Waals surface area contributed by atoms with Crippen LogP contribution in [-0.4, -0.2) is 21.6 Å². The van der Waals surface area contributed by atoms with Gasteiger partial charge in [0.25, 0.3) is 0 Å². The fourth-order valence-corrected chi connectivity index (χ4v) is 3.13. The molecule has 2 heterocycles. The van der Waals surface area contributed by atoms with E-state index in [1.165, 1.54) is 0 Å². The van der Waals surface area contributed by atoms with Crippen LogP contribution >= 0.6 is 0 Å². The van der Waals surface area contributed by atoms with Crippen LogP contribution in [0.5, 0.6) is 0 Å². The topological polar surface area (TPSA) is 76.0 Å². The summed E-state index contributed by atoms with van der Waals surface area (Å²) in [4.78, 5) is 24.7. The summed E-state index contributed by atoms with van der Waals surface area (Å²) < 4.78 is 1.67. The van der Waals surface area contributed by atoms with E-state index in [0.29, 0.717) is 11.5 Å². The number of hydrogen-bond donors (Lipinski definition) is 2. The number of aromatic nitrogens is 2. The van der Waals surface area contributed by atoms with Crippen molar-refractivity contribution in [1.29, 1.82) is 0 Å². The molecular weight excluding hydrogens is 316 g/mol. The van der Waals surface area contributed by atoms with Gasteiger partial charge in [-0.05, 0) is 23.5 Å². The molecule has 25 heavy (non-hydrogen) atoms. The molecular formula is C19H24N4O2. The zero-order valence-corrected chi connectivity index (χ0v) is 15.1. The molecule has 1 aliphatic rings. The predicted molar refractivity (Wildman–Crippen MR) is 97.4 cm³/mol. The second kappa shape index (κ2) is 6.35. The molecule has 1 unspecified atom stereocenters. The summed E-state index contributed by atoms with van der Waals surface area (Å²) in [5.41, 5.74) is 2.61. The van der Waals surface area contributed by atoms with Gasteiger partial charge < -0.3 is 10.6 Å². The van der Waals surface area contributed by atoms with Gasteiger partial charge in [0.2, 0.25) is 11.8 Å². The van der Waals surface area contributed by atoms with E-state index in [1.807, 2.05) is 37.4 Å². The normalized spacial score (nSPS) is 17.0. The first-order valence-electron chi connectivity index (χ1n) is 8.45. The molecule has 0 spiro atoms. The minimum atomic E-state index is -0.495. The Labute approximate surface area is 147 Å². The second-order valence-corrected chi connectivity index (χ2v) is 7.76. The van der Waals surface area contributed by atoms with E-state index in [2.05, 4.69) is 36.5 Å². The molecule has 0 fully saturated rings. The summed E-state index contributed by atoms with van der Waals surface area (Å²) in [6.07, 6.45) is 0.973. The van der Waals surface area contributed by atoms with Gasteiger partial charge in [0, 0.05) is 25.2 Å². The summed E-state index contributed by atoms with van der Waals surface area (Å²) in [5, 5.41) is 10.2. The lowest BCUT2D eigenvalue weighted by molar-refractivity contribution is -0.123. The summed E-state index contributed by atoms with van der Waals surface area (Å²) in [6, 6.07) is 9.32. The highest BCUT2D eigenvalue weighted by Crippen LogP contribution is 2.33. The zero-order valence-electron chi connectivity index (χ0n) is 15.1. The molecule has 1 atom stereocenters. The second-order valence-electron chi connectivity index (χ2n) is 7.76. The fourth-order valence-electron chi connectivity index (χ4n) is 3.13. The van der Waals surface area contributed by atoms with Crippen molar-refractivity contribution in [2.24, 2.45) is 12.5 Å². The first kappa shape index (κ1) is 17.2. The molecule has 2 amide bonds. The number of carbonyl (C=O) groups is 2. The third kappa shape index (κ3) is 3.90. The quantitative estimate of drug-likeness (QED) is 0.901. The third-order valence-electron chi connectivity index (χ3n) is 4.21. The van der Waals surface area contributed by atoms with Crippen LogP contribution in [0.25, 0.3) is 0 Å². The number of nitrogens with zero attached hydrogens (tertiary/aromatic N) is 2. The highest BCUT2D eigenvalue weighted by Gasteiger charge is 2.31. The van der Waals surface area contributed by atoms with Crippen LogP contribution < -0.4 is 10.6 Å². The van der Waals surface area contributed by atoms with Crippen molar-refractivity contribution in [2.75, 3.05) is 10.6 Å². The van der Waals surface area contributed by atoms with E-state index in [9.17, 15) is 9.59 Å². The van der Waals surface area contributed by atoms with Crippen LogP contribution in [0.4, 0.5) is 11.5 Å². The Hall–Kier alpha value is -2.63. The van der Waals surface area contributed by atoms with Crippen molar-refractivity contribution in [3.63, 3.8) is 0 Å². The number of hydrogen-bond acceptors (Lipinski definition) is 3. The minimum Gasteiger partial charge on any atom is -0.326 e. The number of anilines is 2. The van der Waals surface area contributed by atoms with Crippen molar-refractivity contribution in [3.8, 4) is 0 Å². The van der Waals surface area contributed by atoms with Gasteiger partial charge in [0.1, 0.15) is 5.82 Å². The molecule has 1 aromatic carbocycles. The van der Waals surface area contributed by atoms with Crippen LogP contribution in [0.15, 0.2) is 30.3 Å². The van der Waals surface area contributed by atoms with E-state index >= 15 is 0 Å². The Morgan fingerprint density at radius 1 is 1.36 bits per heavy atom. The molecule has 6 heteroatoms. The van der Waals surface area contributed by atoms with Crippen LogP contribution in [0.2, 0.25) is 0 Å². The lowest BCUT2D eigenvalue weighted by Gasteiger charge is -2.24. The van der Waals surface area contributed by atoms with Gasteiger partial charge >= 0.3 is 0 Å². The lowest BCUT2D eigenvalue weighted by Crippen LogP contribution is -2.31. The molecule has 0 saturated heterocycles. The molecule has 2 aromatic rings. The maximum Gasteiger partial charge on any atom is 0.233 e. The highest BCUT2D eigenvalue weighted by atomic mass is 16.2. The first-order valence-corrected chi connectivity index (χ1v) is 8.45. The summed E-state index contributed by atoms with van der Waals surface area (Å²) in [5.74, 6) is -0.177. The van der Waals surface area contributed by atoms with Crippen molar-refractivity contribution >= 4 is 23.3 Å². The van der Waals surface area contributed by atoms with Crippen LogP contribution in [0, 0.1) is 5.41 Å². The Kier molecular flexibility index (Phi) is 4.37. The number of fused-ring (bicyclic) bond motifs is 1. The molecule has 0 aliphatic carbocycles. The first-order chi connectivity index (χ1) is 11.7. The summed E-state index contributed by atoms with van der Waals surface area (Å²) in [6.45, 7) is 6.45. The van der Waals surface area contributed by atoms with E-state index in [-0.39, 0.29) is 23.7 Å². The van der Waals surface area contributed by atoms with E-state index in [1.54, 1.807) is 4.68 Å². The lowest BCUT2D eigenvalue weighted by atomic mass is 9.89. The monoisotopic (exact) mass is 340 g/mol. The Morgan fingerprint density at radius 3 is 2.80 bits per heavy atom. The van der Waals surface area contributed by atoms with Crippen LogP contribution in [-0.2, 0) is 23.1 Å². The Bertz CT molecular complexity index is 817. The zero-order chi connectivity index (χ0) is 18.2. The molecule has 3 rings (SSSR count). The number of amides is 2. The van der Waals surface area contributed by atoms with Gasteiger partial charge in [-0.25, -0.2) is 0 Å². The average Bonchev–Trinajstić information content (AvgIpc) is 2.83. The van der Waals surface area contributed by atoms with Gasteiger partial charge in [-0.2, -0.15) is 5.10 Å². The minimum absolute atomic E-state index is 0.121. The van der Waals surface area contributed by atoms with E-state index in [0.717, 1.165) is 17.7 Å². The smallest absolute Gasteiger partial charge is 0.233 e. The van der Waals surface area contributed by atoms with Crippen molar-refractivity contribution < 1.29 is 9.59 Å². The number of aryl methyl sites for hydroxylation is 1. The van der Waals surface area contributed by atoms with Crippen LogP contribution in [0.1, 0.15) is 44.4 Å². The maximum atomic E-state index is 12.8. The van der Waals surface area contributed by atoms with Gasteiger partial charge in [-0.1, -0.05) is 39.0 Å². The average molecular weight is 340 g/mol. The molecule has 2 N–H and O–H groups in total. The summed E-state index contributed by atoms with van der Waals surface area (Å²) in [7, 11) is 1.81. The van der Waals surface area contributed by atoms with Crippen molar-refractivity contribution in [3.05, 3.63) is 41.6 Å². The predicted octanol–water partition coefficient (Wildman–Crippen LogP) is 3.07. The number of rotatable bonds is 3. The van der Waals surface area contributed by atoms with Gasteiger partial charge in [-0.3, -0.25) is 14.3 Å². The molecule has 0 saturated carbocycles. The Morgan fingerprint density at radius 2 is 2.08 bits per heavy atom. The summed E-state index contributed by atoms with van der Waals surface area (Å²) >= 11 is 0. The fraction of sp³-hybridized carbons (Fsp3) is 0.421. The van der Waals surface area contributed by atoms with Crippen molar-refractivity contribution in [1.82, 2.24) is 9.78 Å². The van der Waals surface area contributed by atoms with E-state index in [4.69, 9.17) is 0 Å². The molecule has 6 nitrogen and oxygen atoms in total. The number of nitrogens with one attached hydrogen (secondary N) is 2. The standard InChI is InChI=1S/C19H24N4O2/c1-19(2,3)11-12-9-16(23(4)22-12)21-18(25)14-10-17(24)20-15-8-6-5-7-13(14)15/h5-9,14H,10-11H2,1-4H3,(H,20,24)(H,21,25). The molecule has 1 aromatic heterocycles. The van der Waals surface area contributed by atoms with Gasteiger partial charge in [0.05, 0.1) is 11.6 Å². The SMILES string of the molecule is Cn1nc(CC(C)(C)C)cc1NC(=O)C1CC(=O)Nc2ccccc21. The third-order valence-corrected chi connectivity index (χ3v) is 4.21. The number of carbonyl (C=O) groups excluding carboxylic acids is 2. The Balaban J connectivity index is 1.80.